The number of rotatable bonds is 3. The van der Waals surface area contributed by atoms with Crippen LogP contribution in [0.3, 0.4) is 0 Å². The Morgan fingerprint density at radius 1 is 1.27 bits per heavy atom. The van der Waals surface area contributed by atoms with Crippen LogP contribution in [0.1, 0.15) is 0 Å². The number of primary amides is 1. The molecule has 6 nitrogen and oxygen atoms in total. The second-order valence-electron chi connectivity index (χ2n) is 4.64. The molecule has 0 aliphatic heterocycles. The van der Waals surface area contributed by atoms with Crippen molar-refractivity contribution >= 4 is 43.8 Å². The van der Waals surface area contributed by atoms with E-state index in [4.69, 9.17) is 14.9 Å². The van der Waals surface area contributed by atoms with Gasteiger partial charge in [0.2, 0.25) is 5.43 Å². The molecule has 22 heavy (non-hydrogen) atoms. The van der Waals surface area contributed by atoms with Gasteiger partial charge in [-0.2, -0.15) is 0 Å². The van der Waals surface area contributed by atoms with Crippen molar-refractivity contribution in [3.05, 3.63) is 45.0 Å². The van der Waals surface area contributed by atoms with Gasteiger partial charge in [-0.25, -0.2) is 0 Å². The van der Waals surface area contributed by atoms with Crippen molar-refractivity contribution in [2.45, 2.75) is 0 Å². The number of carbonyl (C=O) groups is 1. The summed E-state index contributed by atoms with van der Waals surface area (Å²) in [5, 5.41) is 10.5. The van der Waals surface area contributed by atoms with Crippen LogP contribution in [0.15, 0.2) is 44.0 Å². The molecule has 0 fully saturated rings. The number of hydrogen-bond donors (Lipinski definition) is 2. The lowest BCUT2D eigenvalue weighted by Gasteiger charge is -2.07. The molecule has 0 bridgehead atoms. The van der Waals surface area contributed by atoms with E-state index in [0.717, 1.165) is 4.47 Å². The number of fused-ring (bicyclic) bond motifs is 2. The van der Waals surface area contributed by atoms with Gasteiger partial charge in [-0.1, -0.05) is 15.9 Å². The predicted molar refractivity (Wildman–Crippen MR) is 84.0 cm³/mol. The molecule has 0 atom stereocenters. The molecule has 7 heteroatoms. The second kappa shape index (κ2) is 5.34. The summed E-state index contributed by atoms with van der Waals surface area (Å²) in [6.07, 6.45) is 0. The number of carbonyl (C=O) groups excluding carboxylic acids is 1. The first-order valence-electron chi connectivity index (χ1n) is 6.26. The lowest BCUT2D eigenvalue weighted by atomic mass is 10.1. The fraction of sp³-hybridized carbons (Fsp3) is 0.0667. The Labute approximate surface area is 132 Å². The standard InChI is InChI=1S/C15H10BrNO5/c16-7-1-2-11-9(3-7)15(20)14-10(18)4-8(5-12(14)22-11)21-6-13(17)19/h1-5,18H,6H2,(H2,17,19). The number of hydrogen-bond acceptors (Lipinski definition) is 5. The zero-order chi connectivity index (χ0) is 15.9. The molecule has 0 saturated heterocycles. The predicted octanol–water partition coefficient (Wildman–Crippen LogP) is 2.28. The molecule has 0 saturated carbocycles. The monoisotopic (exact) mass is 363 g/mol. The van der Waals surface area contributed by atoms with E-state index < -0.39 is 5.91 Å². The van der Waals surface area contributed by atoms with Crippen LogP contribution in [0.5, 0.6) is 11.5 Å². The molecule has 1 heterocycles. The summed E-state index contributed by atoms with van der Waals surface area (Å²) in [7, 11) is 0. The van der Waals surface area contributed by atoms with Crippen molar-refractivity contribution in [3.8, 4) is 11.5 Å². The SMILES string of the molecule is NC(=O)COc1cc(O)c2c(=O)c3cc(Br)ccc3oc2c1. The molecule has 3 aromatic rings. The molecule has 3 rings (SSSR count). The Morgan fingerprint density at radius 2 is 2.05 bits per heavy atom. The average Bonchev–Trinajstić information content (AvgIpc) is 2.45. The molecule has 1 amide bonds. The molecular formula is C15H10BrNO5. The quantitative estimate of drug-likeness (QED) is 0.694. The van der Waals surface area contributed by atoms with E-state index in [9.17, 15) is 14.7 Å². The van der Waals surface area contributed by atoms with Crippen LogP contribution in [-0.4, -0.2) is 17.6 Å². The van der Waals surface area contributed by atoms with Gasteiger partial charge in [0, 0.05) is 16.6 Å². The number of benzene rings is 2. The van der Waals surface area contributed by atoms with Crippen molar-refractivity contribution in [3.63, 3.8) is 0 Å². The Balaban J connectivity index is 2.26. The van der Waals surface area contributed by atoms with E-state index in [0.29, 0.717) is 11.0 Å². The van der Waals surface area contributed by atoms with Crippen LogP contribution in [0.2, 0.25) is 0 Å². The Bertz CT molecular complexity index is 963. The molecule has 0 aliphatic rings. The highest BCUT2D eigenvalue weighted by atomic mass is 79.9. The van der Waals surface area contributed by atoms with Crippen molar-refractivity contribution < 1.29 is 19.1 Å². The minimum Gasteiger partial charge on any atom is -0.507 e. The third-order valence-corrected chi connectivity index (χ3v) is 3.56. The van der Waals surface area contributed by atoms with Crippen LogP contribution < -0.4 is 15.9 Å². The first-order valence-corrected chi connectivity index (χ1v) is 7.05. The highest BCUT2D eigenvalue weighted by Gasteiger charge is 2.14. The molecule has 0 radical (unpaired) electrons. The normalized spacial score (nSPS) is 11.0. The van der Waals surface area contributed by atoms with Gasteiger partial charge < -0.3 is 20.0 Å². The minimum absolute atomic E-state index is 0.0528. The van der Waals surface area contributed by atoms with Crippen molar-refractivity contribution in [1.29, 1.82) is 0 Å². The minimum atomic E-state index is -0.649. The fourth-order valence-corrected chi connectivity index (χ4v) is 2.51. The van der Waals surface area contributed by atoms with Gasteiger partial charge in [-0.15, -0.1) is 0 Å². The number of nitrogens with two attached hydrogens (primary N) is 1. The van der Waals surface area contributed by atoms with E-state index >= 15 is 0 Å². The first-order chi connectivity index (χ1) is 10.5. The summed E-state index contributed by atoms with van der Waals surface area (Å²) in [5.41, 5.74) is 5.20. The van der Waals surface area contributed by atoms with Crippen LogP contribution in [0.25, 0.3) is 21.9 Å². The first kappa shape index (κ1) is 14.4. The molecule has 3 N–H and O–H groups in total. The summed E-state index contributed by atoms with van der Waals surface area (Å²) >= 11 is 3.29. The lowest BCUT2D eigenvalue weighted by Crippen LogP contribution is -2.20. The average molecular weight is 364 g/mol. The molecule has 1 aromatic heterocycles. The largest absolute Gasteiger partial charge is 0.507 e. The number of phenolic OH excluding ortho intramolecular Hbond substituents is 1. The number of amides is 1. The van der Waals surface area contributed by atoms with Gasteiger partial charge in [-0.05, 0) is 18.2 Å². The Hall–Kier alpha value is -2.54. The van der Waals surface area contributed by atoms with E-state index in [1.807, 2.05) is 0 Å². The van der Waals surface area contributed by atoms with E-state index in [1.165, 1.54) is 12.1 Å². The maximum atomic E-state index is 12.5. The van der Waals surface area contributed by atoms with Gasteiger partial charge in [0.05, 0.1) is 5.39 Å². The maximum Gasteiger partial charge on any atom is 0.255 e. The molecular weight excluding hydrogens is 354 g/mol. The van der Waals surface area contributed by atoms with Crippen molar-refractivity contribution in [2.75, 3.05) is 6.61 Å². The zero-order valence-corrected chi connectivity index (χ0v) is 12.7. The van der Waals surface area contributed by atoms with Crippen LogP contribution in [0, 0.1) is 0 Å². The van der Waals surface area contributed by atoms with Gasteiger partial charge in [0.25, 0.3) is 5.91 Å². The summed E-state index contributed by atoms with van der Waals surface area (Å²) in [5.74, 6) is -0.750. The highest BCUT2D eigenvalue weighted by molar-refractivity contribution is 9.10. The number of halogens is 1. The van der Waals surface area contributed by atoms with Gasteiger partial charge in [0.1, 0.15) is 28.1 Å². The van der Waals surface area contributed by atoms with E-state index in [2.05, 4.69) is 15.9 Å². The smallest absolute Gasteiger partial charge is 0.255 e. The van der Waals surface area contributed by atoms with Crippen LogP contribution in [0.4, 0.5) is 0 Å². The summed E-state index contributed by atoms with van der Waals surface area (Å²) in [6, 6.07) is 7.68. The lowest BCUT2D eigenvalue weighted by molar-refractivity contribution is -0.119. The van der Waals surface area contributed by atoms with Crippen LogP contribution >= 0.6 is 15.9 Å². The van der Waals surface area contributed by atoms with Gasteiger partial charge in [0.15, 0.2) is 6.61 Å². The third-order valence-electron chi connectivity index (χ3n) is 3.07. The second-order valence-corrected chi connectivity index (χ2v) is 5.56. The van der Waals surface area contributed by atoms with Crippen LogP contribution in [-0.2, 0) is 4.79 Å². The molecule has 0 aliphatic carbocycles. The molecule has 112 valence electrons. The number of ether oxygens (including phenoxy) is 1. The van der Waals surface area contributed by atoms with Gasteiger partial charge in [-0.3, -0.25) is 9.59 Å². The summed E-state index contributed by atoms with van der Waals surface area (Å²) in [6.45, 7) is -0.338. The Kier molecular flexibility index (Phi) is 3.50. The van der Waals surface area contributed by atoms with Crippen molar-refractivity contribution in [2.24, 2.45) is 5.73 Å². The summed E-state index contributed by atoms with van der Waals surface area (Å²) in [4.78, 5) is 23.2. The molecule has 0 unspecified atom stereocenters. The molecule has 0 spiro atoms. The highest BCUT2D eigenvalue weighted by Crippen LogP contribution is 2.31. The van der Waals surface area contributed by atoms with E-state index in [-0.39, 0.29) is 34.5 Å². The van der Waals surface area contributed by atoms with Crippen molar-refractivity contribution in [1.82, 2.24) is 0 Å². The van der Waals surface area contributed by atoms with Gasteiger partial charge >= 0.3 is 0 Å². The topological polar surface area (TPSA) is 103 Å². The van der Waals surface area contributed by atoms with E-state index in [1.54, 1.807) is 18.2 Å². The zero-order valence-electron chi connectivity index (χ0n) is 11.1. The fourth-order valence-electron chi connectivity index (χ4n) is 2.14. The number of aromatic hydroxyl groups is 1. The summed E-state index contributed by atoms with van der Waals surface area (Å²) < 4.78 is 11.5. The molecule has 2 aromatic carbocycles. The number of phenols is 1. The maximum absolute atomic E-state index is 12.5. The Morgan fingerprint density at radius 3 is 2.77 bits per heavy atom. The third kappa shape index (κ3) is 2.50.